The minimum absolute atomic E-state index is 0.106. The smallest absolute Gasteiger partial charge is 0.281 e. The number of amides is 1. The predicted octanol–water partition coefficient (Wildman–Crippen LogP) is 2.31. The van der Waals surface area contributed by atoms with Crippen LogP contribution in [0.1, 0.15) is 46.5 Å². The first-order valence-corrected chi connectivity index (χ1v) is 15.0. The second-order valence-electron chi connectivity index (χ2n) is 9.59. The van der Waals surface area contributed by atoms with Crippen LogP contribution in [0.5, 0.6) is 0 Å². The number of piperazine rings is 1. The van der Waals surface area contributed by atoms with Gasteiger partial charge in [-0.2, -0.15) is 21.3 Å². The number of rotatable bonds is 6. The number of nitrogens with zero attached hydrogens (tertiary/aromatic N) is 4. The number of carbonyl (C=O) groups is 1. The van der Waals surface area contributed by atoms with E-state index in [2.05, 4.69) is 0 Å². The largest absolute Gasteiger partial charge is 0.336 e. The fraction of sp³-hybridized carbons (Fsp3) is 0.480. The van der Waals surface area contributed by atoms with Crippen LogP contribution in [0.3, 0.4) is 0 Å². The lowest BCUT2D eigenvalue weighted by Crippen LogP contribution is -2.53. The lowest BCUT2D eigenvalue weighted by Gasteiger charge is -2.37. The van der Waals surface area contributed by atoms with Crippen molar-refractivity contribution in [3.05, 3.63) is 71.3 Å². The van der Waals surface area contributed by atoms with E-state index in [1.807, 2.05) is 37.3 Å². The fourth-order valence-corrected chi connectivity index (χ4v) is 8.10. The van der Waals surface area contributed by atoms with Crippen LogP contribution in [0.15, 0.2) is 54.6 Å². The van der Waals surface area contributed by atoms with Crippen molar-refractivity contribution in [3.63, 3.8) is 0 Å². The quantitative estimate of drug-likeness (QED) is 0.567. The summed E-state index contributed by atoms with van der Waals surface area (Å²) in [5.74, 6) is -0.161. The van der Waals surface area contributed by atoms with E-state index in [0.29, 0.717) is 25.1 Å². The number of hydrogen-bond donors (Lipinski definition) is 0. The van der Waals surface area contributed by atoms with Gasteiger partial charge in [-0.15, -0.1) is 0 Å². The van der Waals surface area contributed by atoms with Gasteiger partial charge >= 0.3 is 0 Å². The lowest BCUT2D eigenvalue weighted by atomic mass is 10.0. The summed E-state index contributed by atoms with van der Waals surface area (Å²) in [6.45, 7) is 3.32. The molecule has 0 aromatic heterocycles. The van der Waals surface area contributed by atoms with Crippen LogP contribution < -0.4 is 0 Å². The zero-order chi connectivity index (χ0) is 26.1. The molecule has 0 N–H and O–H groups in total. The van der Waals surface area contributed by atoms with Gasteiger partial charge < -0.3 is 4.90 Å². The molecule has 11 heteroatoms. The lowest BCUT2D eigenvalue weighted by molar-refractivity contribution is 0.0695. The second kappa shape index (κ2) is 10.6. The van der Waals surface area contributed by atoms with E-state index in [1.165, 1.54) is 22.7 Å². The SMILES string of the molecule is CC1CCC(c2ccccc2)S(=O)(=O)N1Cc1ccc(C(=O)N2CCN(S(=O)(=O)N(C)C)CC2)cc1. The van der Waals surface area contributed by atoms with Crippen LogP contribution in [-0.2, 0) is 26.8 Å². The van der Waals surface area contributed by atoms with Gasteiger partial charge in [0.1, 0.15) is 5.25 Å². The number of benzene rings is 2. The molecule has 196 valence electrons. The monoisotopic (exact) mass is 534 g/mol. The molecule has 2 aromatic rings. The van der Waals surface area contributed by atoms with Crippen LogP contribution in [-0.4, -0.2) is 86.9 Å². The summed E-state index contributed by atoms with van der Waals surface area (Å²) in [6, 6.07) is 16.3. The maximum atomic E-state index is 13.5. The molecule has 9 nitrogen and oxygen atoms in total. The molecule has 2 aliphatic heterocycles. The Morgan fingerprint density at radius 2 is 1.56 bits per heavy atom. The minimum Gasteiger partial charge on any atom is -0.336 e. The van der Waals surface area contributed by atoms with Gasteiger partial charge in [0.05, 0.1) is 0 Å². The Hall–Kier alpha value is -2.31. The molecule has 2 fully saturated rings. The minimum atomic E-state index is -3.53. The average molecular weight is 535 g/mol. The topological polar surface area (TPSA) is 98.3 Å². The van der Waals surface area contributed by atoms with Crippen LogP contribution in [0.25, 0.3) is 0 Å². The molecular weight excluding hydrogens is 500 g/mol. The number of hydrogen-bond acceptors (Lipinski definition) is 5. The maximum Gasteiger partial charge on any atom is 0.281 e. The van der Waals surface area contributed by atoms with E-state index < -0.39 is 25.5 Å². The summed E-state index contributed by atoms with van der Waals surface area (Å²) in [7, 11) is -4.04. The van der Waals surface area contributed by atoms with Crippen LogP contribution in [0.4, 0.5) is 0 Å². The Labute approximate surface area is 214 Å². The molecule has 2 saturated heterocycles. The molecule has 0 bridgehead atoms. The Morgan fingerprint density at radius 3 is 2.14 bits per heavy atom. The summed E-state index contributed by atoms with van der Waals surface area (Å²) in [5.41, 5.74) is 2.13. The van der Waals surface area contributed by atoms with Crippen molar-refractivity contribution >= 4 is 26.1 Å². The average Bonchev–Trinajstić information content (AvgIpc) is 2.87. The Bertz CT molecular complexity index is 1270. The molecule has 4 rings (SSSR count). The molecule has 36 heavy (non-hydrogen) atoms. The molecule has 2 aliphatic rings. The third-order valence-corrected chi connectivity index (χ3v) is 11.4. The Balaban J connectivity index is 1.42. The highest BCUT2D eigenvalue weighted by molar-refractivity contribution is 7.89. The third-order valence-electron chi connectivity index (χ3n) is 7.05. The van der Waals surface area contributed by atoms with Gasteiger partial charge in [0.25, 0.3) is 16.1 Å². The Kier molecular flexibility index (Phi) is 7.86. The summed E-state index contributed by atoms with van der Waals surface area (Å²) >= 11 is 0. The molecule has 0 spiro atoms. The van der Waals surface area contributed by atoms with Gasteiger partial charge in [0, 0.05) is 58.4 Å². The van der Waals surface area contributed by atoms with Crippen LogP contribution in [0, 0.1) is 0 Å². The third kappa shape index (κ3) is 5.35. The summed E-state index contributed by atoms with van der Waals surface area (Å²) in [6.07, 6.45) is 1.38. The number of carbonyl (C=O) groups excluding carboxylic acids is 1. The molecule has 1 amide bonds. The standard InChI is InChI=1S/C25H34N4O5S2/c1-20-9-14-24(22-7-5-4-6-8-22)35(31,32)29(20)19-21-10-12-23(13-11-21)25(30)27-15-17-28(18-16-27)36(33,34)26(2)3/h4-8,10-13,20,24H,9,14-19H2,1-3H3. The highest BCUT2D eigenvalue weighted by Crippen LogP contribution is 2.38. The van der Waals surface area contributed by atoms with Gasteiger partial charge in [-0.25, -0.2) is 8.42 Å². The highest BCUT2D eigenvalue weighted by atomic mass is 32.2. The molecule has 2 atom stereocenters. The van der Waals surface area contributed by atoms with Crippen molar-refractivity contribution in [2.75, 3.05) is 40.3 Å². The molecule has 0 aliphatic carbocycles. The van der Waals surface area contributed by atoms with Crippen LogP contribution >= 0.6 is 0 Å². The van der Waals surface area contributed by atoms with Gasteiger partial charge in [-0.05, 0) is 43.0 Å². The van der Waals surface area contributed by atoms with Crippen molar-refractivity contribution in [2.24, 2.45) is 0 Å². The predicted molar refractivity (Wildman–Crippen MR) is 139 cm³/mol. The van der Waals surface area contributed by atoms with Gasteiger partial charge in [-0.1, -0.05) is 42.5 Å². The molecule has 2 aromatic carbocycles. The molecule has 0 saturated carbocycles. The summed E-state index contributed by atoms with van der Waals surface area (Å²) in [5, 5.41) is -0.550. The van der Waals surface area contributed by atoms with E-state index in [9.17, 15) is 21.6 Å². The molecular formula is C25H34N4O5S2. The zero-order valence-corrected chi connectivity index (χ0v) is 22.6. The second-order valence-corrected chi connectivity index (χ2v) is 13.8. The number of sulfonamides is 1. The molecule has 2 unspecified atom stereocenters. The summed E-state index contributed by atoms with van der Waals surface area (Å²) in [4.78, 5) is 14.6. The zero-order valence-electron chi connectivity index (χ0n) is 20.9. The van der Waals surface area contributed by atoms with Gasteiger partial charge in [0.2, 0.25) is 10.0 Å². The first-order chi connectivity index (χ1) is 17.0. The van der Waals surface area contributed by atoms with Crippen molar-refractivity contribution in [3.8, 4) is 0 Å². The van der Waals surface area contributed by atoms with E-state index >= 15 is 0 Å². The molecule has 2 heterocycles. The molecule has 0 radical (unpaired) electrons. The Morgan fingerprint density at radius 1 is 0.944 bits per heavy atom. The maximum absolute atomic E-state index is 13.5. The first kappa shape index (κ1) is 26.7. The normalized spacial score (nSPS) is 23.6. The van der Waals surface area contributed by atoms with Gasteiger partial charge in [-0.3, -0.25) is 4.79 Å². The first-order valence-electron chi connectivity index (χ1n) is 12.1. The van der Waals surface area contributed by atoms with E-state index in [0.717, 1.165) is 17.5 Å². The van der Waals surface area contributed by atoms with E-state index in [1.54, 1.807) is 33.5 Å². The van der Waals surface area contributed by atoms with Crippen molar-refractivity contribution in [1.82, 2.24) is 17.8 Å². The van der Waals surface area contributed by atoms with E-state index in [-0.39, 0.29) is 31.6 Å². The van der Waals surface area contributed by atoms with E-state index in [4.69, 9.17) is 0 Å². The summed E-state index contributed by atoms with van der Waals surface area (Å²) < 4.78 is 55.7. The van der Waals surface area contributed by atoms with Crippen molar-refractivity contribution < 1.29 is 21.6 Å². The highest BCUT2D eigenvalue weighted by Gasteiger charge is 2.40. The van der Waals surface area contributed by atoms with Crippen molar-refractivity contribution in [2.45, 2.75) is 37.6 Å². The van der Waals surface area contributed by atoms with Crippen molar-refractivity contribution in [1.29, 1.82) is 0 Å². The van der Waals surface area contributed by atoms with Crippen LogP contribution in [0.2, 0.25) is 0 Å². The van der Waals surface area contributed by atoms with Gasteiger partial charge in [0.15, 0.2) is 0 Å². The fourth-order valence-electron chi connectivity index (χ4n) is 4.82.